The van der Waals surface area contributed by atoms with Gasteiger partial charge in [-0.2, -0.15) is 4.98 Å². The van der Waals surface area contributed by atoms with Crippen molar-refractivity contribution in [2.24, 2.45) is 5.92 Å². The van der Waals surface area contributed by atoms with Crippen LogP contribution in [0.3, 0.4) is 0 Å². The van der Waals surface area contributed by atoms with E-state index in [0.717, 1.165) is 42.8 Å². The molecule has 1 atom stereocenters. The fraction of sp³-hybridized carbons (Fsp3) is 0.450. The number of aromatic nitrogens is 3. The van der Waals surface area contributed by atoms with Crippen LogP contribution in [0.15, 0.2) is 28.9 Å². The Labute approximate surface area is 168 Å². The molecule has 1 unspecified atom stereocenters. The number of imidazole rings is 1. The van der Waals surface area contributed by atoms with Crippen LogP contribution < -0.4 is 10.2 Å². The van der Waals surface area contributed by atoms with Crippen LogP contribution in [0, 0.1) is 19.8 Å². The second-order valence-corrected chi connectivity index (χ2v) is 7.73. The molecule has 7 nitrogen and oxygen atoms in total. The van der Waals surface area contributed by atoms with E-state index in [9.17, 15) is 4.79 Å². The van der Waals surface area contributed by atoms with Crippen LogP contribution in [0.25, 0.3) is 11.1 Å². The third kappa shape index (κ3) is 3.85. The number of oxazole rings is 1. The number of amides is 1. The second kappa shape index (κ2) is 7.83. The number of carbonyl (C=O) groups excluding carboxylic acids is 1. The summed E-state index contributed by atoms with van der Waals surface area (Å²) in [6, 6.07) is 5.95. The van der Waals surface area contributed by atoms with Crippen LogP contribution in [-0.4, -0.2) is 40.1 Å². The van der Waals surface area contributed by atoms with Crippen LogP contribution in [0.1, 0.15) is 24.2 Å². The molecule has 0 bridgehead atoms. The molecule has 1 amide bonds. The summed E-state index contributed by atoms with van der Waals surface area (Å²) >= 11 is 6.03. The van der Waals surface area contributed by atoms with Crippen molar-refractivity contribution < 1.29 is 9.21 Å². The highest BCUT2D eigenvalue weighted by molar-refractivity contribution is 6.31. The molecule has 1 aromatic carbocycles. The smallest absolute Gasteiger partial charge is 0.298 e. The Morgan fingerprint density at radius 2 is 2.25 bits per heavy atom. The quantitative estimate of drug-likeness (QED) is 0.709. The van der Waals surface area contributed by atoms with Gasteiger partial charge in [0.15, 0.2) is 5.58 Å². The number of anilines is 1. The average Bonchev–Trinajstić information content (AvgIpc) is 3.26. The van der Waals surface area contributed by atoms with Crippen molar-refractivity contribution in [3.8, 4) is 0 Å². The van der Waals surface area contributed by atoms with E-state index in [1.807, 2.05) is 31.1 Å². The van der Waals surface area contributed by atoms with Gasteiger partial charge in [-0.1, -0.05) is 11.6 Å². The molecule has 0 aliphatic carbocycles. The molecule has 4 rings (SSSR count). The number of halogens is 1. The van der Waals surface area contributed by atoms with E-state index in [0.29, 0.717) is 29.7 Å². The van der Waals surface area contributed by atoms with Gasteiger partial charge < -0.3 is 19.2 Å². The second-order valence-electron chi connectivity index (χ2n) is 7.29. The van der Waals surface area contributed by atoms with Crippen LogP contribution in [0.4, 0.5) is 6.01 Å². The van der Waals surface area contributed by atoms with Crippen LogP contribution in [-0.2, 0) is 11.3 Å². The number of nitrogens with zero attached hydrogens (tertiary/aromatic N) is 4. The number of aryl methyl sites for hydroxylation is 1. The number of rotatable bonds is 5. The first-order valence-corrected chi connectivity index (χ1v) is 9.96. The van der Waals surface area contributed by atoms with Gasteiger partial charge in [-0.15, -0.1) is 0 Å². The highest BCUT2D eigenvalue weighted by atomic mass is 35.5. The molecule has 1 aliphatic rings. The third-order valence-corrected chi connectivity index (χ3v) is 5.63. The molecule has 3 heterocycles. The first-order valence-electron chi connectivity index (χ1n) is 9.58. The lowest BCUT2D eigenvalue weighted by Gasteiger charge is -2.30. The first-order chi connectivity index (χ1) is 13.5. The van der Waals surface area contributed by atoms with E-state index in [4.69, 9.17) is 16.0 Å². The monoisotopic (exact) mass is 401 g/mol. The molecule has 8 heteroatoms. The Balaban J connectivity index is 1.36. The minimum absolute atomic E-state index is 0.0713. The Kier molecular flexibility index (Phi) is 5.26. The lowest BCUT2D eigenvalue weighted by atomic mass is 9.97. The molecule has 1 N–H and O–H groups in total. The average molecular weight is 402 g/mol. The fourth-order valence-electron chi connectivity index (χ4n) is 3.60. The normalized spacial score (nSPS) is 17.2. The Morgan fingerprint density at radius 3 is 3.04 bits per heavy atom. The summed E-state index contributed by atoms with van der Waals surface area (Å²) < 4.78 is 7.92. The third-order valence-electron chi connectivity index (χ3n) is 5.40. The maximum atomic E-state index is 12.6. The van der Waals surface area contributed by atoms with Crippen LogP contribution in [0.5, 0.6) is 0 Å². The van der Waals surface area contributed by atoms with Gasteiger partial charge >= 0.3 is 0 Å². The van der Waals surface area contributed by atoms with E-state index in [1.165, 1.54) is 0 Å². The molecule has 28 heavy (non-hydrogen) atoms. The molecule has 1 fully saturated rings. The van der Waals surface area contributed by atoms with Crippen LogP contribution in [0.2, 0.25) is 5.02 Å². The SMILES string of the molecule is Cc1ncn(CCNC(=O)C2CCCN(c3nc4cc(Cl)ccc4o3)C2)c1C. The number of hydrogen-bond donors (Lipinski definition) is 1. The van der Waals surface area contributed by atoms with Crippen molar-refractivity contribution in [3.63, 3.8) is 0 Å². The van der Waals surface area contributed by atoms with Crippen molar-refractivity contribution in [3.05, 3.63) is 40.9 Å². The maximum Gasteiger partial charge on any atom is 0.298 e. The molecule has 3 aromatic rings. The summed E-state index contributed by atoms with van der Waals surface area (Å²) in [5.41, 5.74) is 3.60. The van der Waals surface area contributed by atoms with Crippen molar-refractivity contribution in [2.45, 2.75) is 33.2 Å². The van der Waals surface area contributed by atoms with E-state index in [-0.39, 0.29) is 11.8 Å². The minimum atomic E-state index is -0.0713. The number of fused-ring (bicyclic) bond motifs is 1. The number of piperidine rings is 1. The zero-order valence-corrected chi connectivity index (χ0v) is 16.9. The van der Waals surface area contributed by atoms with Crippen molar-refractivity contribution >= 4 is 34.6 Å². The molecule has 0 radical (unpaired) electrons. The highest BCUT2D eigenvalue weighted by Gasteiger charge is 2.28. The summed E-state index contributed by atoms with van der Waals surface area (Å²) in [6.07, 6.45) is 3.62. The summed E-state index contributed by atoms with van der Waals surface area (Å²) in [5, 5.41) is 3.69. The number of hydrogen-bond acceptors (Lipinski definition) is 5. The van der Waals surface area contributed by atoms with E-state index in [1.54, 1.807) is 12.1 Å². The summed E-state index contributed by atoms with van der Waals surface area (Å²) in [6.45, 7) is 6.78. The van der Waals surface area contributed by atoms with E-state index < -0.39 is 0 Å². The van der Waals surface area contributed by atoms with Gasteiger partial charge in [0.05, 0.1) is 17.9 Å². The summed E-state index contributed by atoms with van der Waals surface area (Å²) in [5.74, 6) is 0.0105. The summed E-state index contributed by atoms with van der Waals surface area (Å²) in [4.78, 5) is 23.5. The predicted molar refractivity (Wildman–Crippen MR) is 109 cm³/mol. The molecule has 0 saturated carbocycles. The van der Waals surface area contributed by atoms with E-state index >= 15 is 0 Å². The Hall–Kier alpha value is -2.54. The van der Waals surface area contributed by atoms with Gasteiger partial charge in [0.25, 0.3) is 6.01 Å². The fourth-order valence-corrected chi connectivity index (χ4v) is 3.77. The minimum Gasteiger partial charge on any atom is -0.423 e. The maximum absolute atomic E-state index is 12.6. The lowest BCUT2D eigenvalue weighted by molar-refractivity contribution is -0.125. The summed E-state index contributed by atoms with van der Waals surface area (Å²) in [7, 11) is 0. The molecule has 1 aliphatic heterocycles. The molecule has 1 saturated heterocycles. The van der Waals surface area contributed by atoms with Gasteiger partial charge in [0.1, 0.15) is 5.52 Å². The van der Waals surface area contributed by atoms with Crippen LogP contribution >= 0.6 is 11.6 Å². The standard InChI is InChI=1S/C20H24ClN5O2/c1-13-14(2)26(12-23-13)9-7-22-19(27)15-4-3-8-25(11-15)20-24-17-10-16(21)5-6-18(17)28-20/h5-6,10,12,15H,3-4,7-9,11H2,1-2H3,(H,22,27). The largest absolute Gasteiger partial charge is 0.423 e. The Morgan fingerprint density at radius 1 is 1.39 bits per heavy atom. The van der Waals surface area contributed by atoms with Crippen molar-refractivity contribution in [1.82, 2.24) is 19.9 Å². The molecular formula is C20H24ClN5O2. The zero-order valence-electron chi connectivity index (χ0n) is 16.1. The van der Waals surface area contributed by atoms with Crippen molar-refractivity contribution in [1.29, 1.82) is 0 Å². The number of benzene rings is 1. The van der Waals surface area contributed by atoms with Crippen molar-refractivity contribution in [2.75, 3.05) is 24.5 Å². The van der Waals surface area contributed by atoms with E-state index in [2.05, 4.69) is 19.9 Å². The van der Waals surface area contributed by atoms with Gasteiger partial charge in [-0.25, -0.2) is 4.98 Å². The lowest BCUT2D eigenvalue weighted by Crippen LogP contribution is -2.43. The topological polar surface area (TPSA) is 76.2 Å². The first kappa shape index (κ1) is 18.8. The number of carbonyl (C=O) groups is 1. The van der Waals surface area contributed by atoms with Gasteiger partial charge in [0.2, 0.25) is 5.91 Å². The molecule has 2 aromatic heterocycles. The number of nitrogens with one attached hydrogen (secondary N) is 1. The zero-order chi connectivity index (χ0) is 19.7. The van der Waals surface area contributed by atoms with Gasteiger partial charge in [-0.05, 0) is 44.9 Å². The molecule has 0 spiro atoms. The predicted octanol–water partition coefficient (Wildman–Crippen LogP) is 3.33. The van der Waals surface area contributed by atoms with Gasteiger partial charge in [-0.3, -0.25) is 4.79 Å². The molecule has 148 valence electrons. The highest BCUT2D eigenvalue weighted by Crippen LogP contribution is 2.28. The Bertz CT molecular complexity index is 996. The molecular weight excluding hydrogens is 378 g/mol. The van der Waals surface area contributed by atoms with Gasteiger partial charge in [0, 0.05) is 36.9 Å².